The number of benzene rings is 1. The summed E-state index contributed by atoms with van der Waals surface area (Å²) < 4.78 is 5.49. The van der Waals surface area contributed by atoms with Crippen molar-refractivity contribution in [3.63, 3.8) is 0 Å². The number of hydrogen-bond donors (Lipinski definition) is 1. The number of carbonyl (C=O) groups is 1. The molecule has 1 N–H and O–H groups in total. The van der Waals surface area contributed by atoms with E-state index in [4.69, 9.17) is 4.42 Å². The zero-order valence-electron chi connectivity index (χ0n) is 11.3. The monoisotopic (exact) mass is 272 g/mol. The molecule has 1 saturated heterocycles. The molecule has 2 heterocycles. The number of amides is 1. The summed E-state index contributed by atoms with van der Waals surface area (Å²) in [6.45, 7) is 3.90. The van der Waals surface area contributed by atoms with E-state index in [0.717, 1.165) is 25.1 Å². The van der Waals surface area contributed by atoms with Crippen LogP contribution in [0.5, 0.6) is 0 Å². The quantitative estimate of drug-likeness (QED) is 0.917. The van der Waals surface area contributed by atoms with E-state index in [9.17, 15) is 4.79 Å². The van der Waals surface area contributed by atoms with Crippen molar-refractivity contribution in [3.8, 4) is 11.5 Å². The second-order valence-corrected chi connectivity index (χ2v) is 4.87. The smallest absolute Gasteiger partial charge is 0.316 e. The summed E-state index contributed by atoms with van der Waals surface area (Å²) in [7, 11) is 0. The fraction of sp³-hybridized carbons (Fsp3) is 0.357. The SMILES string of the molecule is Cc1ccc(-c2nnc(NCC(=O)N3CCC3)o2)cc1. The maximum absolute atomic E-state index is 11.7. The molecule has 0 radical (unpaired) electrons. The molecule has 3 rings (SSSR count). The van der Waals surface area contributed by atoms with Crippen LogP contribution >= 0.6 is 0 Å². The molecule has 20 heavy (non-hydrogen) atoms. The molecule has 0 saturated carbocycles. The van der Waals surface area contributed by atoms with Gasteiger partial charge in [-0.25, -0.2) is 0 Å². The minimum absolute atomic E-state index is 0.0614. The van der Waals surface area contributed by atoms with Gasteiger partial charge in [0, 0.05) is 18.7 Å². The van der Waals surface area contributed by atoms with Gasteiger partial charge in [-0.1, -0.05) is 22.8 Å². The van der Waals surface area contributed by atoms with Crippen LogP contribution in [-0.4, -0.2) is 40.6 Å². The summed E-state index contributed by atoms with van der Waals surface area (Å²) in [5, 5.41) is 10.7. The molecule has 0 unspecified atom stereocenters. The number of aryl methyl sites for hydroxylation is 1. The van der Waals surface area contributed by atoms with Gasteiger partial charge in [0.25, 0.3) is 0 Å². The third-order valence-electron chi connectivity index (χ3n) is 3.32. The Balaban J connectivity index is 1.61. The van der Waals surface area contributed by atoms with E-state index in [2.05, 4.69) is 15.5 Å². The standard InChI is InChI=1S/C14H16N4O2/c1-10-3-5-11(6-4-10)13-16-17-14(20-13)15-9-12(19)18-7-2-8-18/h3-6H,2,7-9H2,1H3,(H,15,17). The summed E-state index contributed by atoms with van der Waals surface area (Å²) in [6, 6.07) is 8.10. The molecule has 0 spiro atoms. The third-order valence-corrected chi connectivity index (χ3v) is 3.32. The summed E-state index contributed by atoms with van der Waals surface area (Å²) in [5.74, 6) is 0.509. The molecule has 1 aliphatic rings. The Hall–Kier alpha value is -2.37. The molecule has 0 aliphatic carbocycles. The maximum Gasteiger partial charge on any atom is 0.316 e. The van der Waals surface area contributed by atoms with Gasteiger partial charge in [-0.2, -0.15) is 0 Å². The van der Waals surface area contributed by atoms with Gasteiger partial charge in [0.05, 0.1) is 6.54 Å². The lowest BCUT2D eigenvalue weighted by molar-refractivity contribution is -0.132. The number of anilines is 1. The summed E-state index contributed by atoms with van der Waals surface area (Å²) >= 11 is 0. The Morgan fingerprint density at radius 2 is 2.05 bits per heavy atom. The van der Waals surface area contributed by atoms with Crippen LogP contribution in [0.2, 0.25) is 0 Å². The van der Waals surface area contributed by atoms with Gasteiger partial charge in [0.15, 0.2) is 0 Å². The van der Waals surface area contributed by atoms with Crippen molar-refractivity contribution >= 4 is 11.9 Å². The molecule has 2 aromatic rings. The van der Waals surface area contributed by atoms with Gasteiger partial charge in [0.1, 0.15) is 0 Å². The zero-order chi connectivity index (χ0) is 13.9. The van der Waals surface area contributed by atoms with Crippen molar-refractivity contribution < 1.29 is 9.21 Å². The number of nitrogens with one attached hydrogen (secondary N) is 1. The highest BCUT2D eigenvalue weighted by molar-refractivity contribution is 5.80. The molecule has 1 amide bonds. The summed E-state index contributed by atoms with van der Waals surface area (Å²) in [4.78, 5) is 13.5. The number of rotatable bonds is 4. The van der Waals surface area contributed by atoms with E-state index in [1.54, 1.807) is 4.90 Å². The van der Waals surface area contributed by atoms with Crippen LogP contribution in [0.1, 0.15) is 12.0 Å². The predicted molar refractivity (Wildman–Crippen MR) is 74.2 cm³/mol. The molecule has 1 aromatic heterocycles. The summed E-state index contributed by atoms with van der Waals surface area (Å²) in [5.41, 5.74) is 2.04. The van der Waals surface area contributed by atoms with Gasteiger partial charge >= 0.3 is 6.01 Å². The Morgan fingerprint density at radius 3 is 2.70 bits per heavy atom. The second kappa shape index (κ2) is 5.32. The van der Waals surface area contributed by atoms with Crippen LogP contribution in [0.15, 0.2) is 28.7 Å². The fourth-order valence-electron chi connectivity index (χ4n) is 1.94. The van der Waals surface area contributed by atoms with Crippen LogP contribution in [-0.2, 0) is 4.79 Å². The normalized spacial score (nSPS) is 13.9. The molecule has 1 aliphatic heterocycles. The van der Waals surface area contributed by atoms with Crippen LogP contribution in [0.4, 0.5) is 6.01 Å². The number of aromatic nitrogens is 2. The summed E-state index contributed by atoms with van der Waals surface area (Å²) in [6.07, 6.45) is 1.09. The van der Waals surface area contributed by atoms with Crippen molar-refractivity contribution in [2.24, 2.45) is 0 Å². The van der Waals surface area contributed by atoms with Gasteiger partial charge in [-0.3, -0.25) is 4.79 Å². The molecular weight excluding hydrogens is 256 g/mol. The second-order valence-electron chi connectivity index (χ2n) is 4.87. The molecule has 104 valence electrons. The molecular formula is C14H16N4O2. The van der Waals surface area contributed by atoms with Crippen LogP contribution < -0.4 is 5.32 Å². The highest BCUT2D eigenvalue weighted by Gasteiger charge is 2.20. The maximum atomic E-state index is 11.7. The largest absolute Gasteiger partial charge is 0.403 e. The first kappa shape index (κ1) is 12.7. The van der Waals surface area contributed by atoms with Gasteiger partial charge in [-0.05, 0) is 25.5 Å². The van der Waals surface area contributed by atoms with E-state index in [1.165, 1.54) is 5.56 Å². The van der Waals surface area contributed by atoms with E-state index >= 15 is 0 Å². The lowest BCUT2D eigenvalue weighted by atomic mass is 10.1. The van der Waals surface area contributed by atoms with Crippen molar-refractivity contribution in [3.05, 3.63) is 29.8 Å². The van der Waals surface area contributed by atoms with Gasteiger partial charge in [0.2, 0.25) is 11.8 Å². The molecule has 6 nitrogen and oxygen atoms in total. The van der Waals surface area contributed by atoms with E-state index in [1.807, 2.05) is 31.2 Å². The lowest BCUT2D eigenvalue weighted by Gasteiger charge is -2.30. The molecule has 1 fully saturated rings. The van der Waals surface area contributed by atoms with Crippen molar-refractivity contribution in [1.82, 2.24) is 15.1 Å². The Bertz CT molecular complexity index is 602. The molecule has 1 aromatic carbocycles. The number of likely N-dealkylation sites (tertiary alicyclic amines) is 1. The molecule has 0 atom stereocenters. The number of nitrogens with zero attached hydrogens (tertiary/aromatic N) is 3. The minimum atomic E-state index is 0.0614. The van der Waals surface area contributed by atoms with Crippen LogP contribution in [0.3, 0.4) is 0 Å². The molecule has 0 bridgehead atoms. The Labute approximate surface area is 116 Å². The van der Waals surface area contributed by atoms with Crippen LogP contribution in [0.25, 0.3) is 11.5 Å². The average Bonchev–Trinajstić information content (AvgIpc) is 2.84. The molecule has 6 heteroatoms. The number of hydrogen-bond acceptors (Lipinski definition) is 5. The van der Waals surface area contributed by atoms with Crippen molar-refractivity contribution in [2.75, 3.05) is 25.0 Å². The fourth-order valence-corrected chi connectivity index (χ4v) is 1.94. The van der Waals surface area contributed by atoms with Crippen LogP contribution in [0, 0.1) is 6.92 Å². The van der Waals surface area contributed by atoms with Gasteiger partial charge < -0.3 is 14.6 Å². The van der Waals surface area contributed by atoms with Gasteiger partial charge in [-0.15, -0.1) is 5.10 Å². The number of carbonyl (C=O) groups excluding carboxylic acids is 1. The van der Waals surface area contributed by atoms with E-state index in [0.29, 0.717) is 5.89 Å². The zero-order valence-corrected chi connectivity index (χ0v) is 11.3. The highest BCUT2D eigenvalue weighted by atomic mass is 16.4. The lowest BCUT2D eigenvalue weighted by Crippen LogP contribution is -2.44. The first-order chi connectivity index (χ1) is 9.72. The third kappa shape index (κ3) is 2.64. The minimum Gasteiger partial charge on any atom is -0.403 e. The van der Waals surface area contributed by atoms with E-state index in [-0.39, 0.29) is 18.5 Å². The Morgan fingerprint density at radius 1 is 1.30 bits per heavy atom. The topological polar surface area (TPSA) is 71.3 Å². The first-order valence-corrected chi connectivity index (χ1v) is 6.64. The average molecular weight is 272 g/mol. The van der Waals surface area contributed by atoms with Crippen molar-refractivity contribution in [2.45, 2.75) is 13.3 Å². The first-order valence-electron chi connectivity index (χ1n) is 6.64. The van der Waals surface area contributed by atoms with E-state index < -0.39 is 0 Å². The Kier molecular flexibility index (Phi) is 3.37. The predicted octanol–water partition coefficient (Wildman–Crippen LogP) is 1.69. The van der Waals surface area contributed by atoms with Crippen molar-refractivity contribution in [1.29, 1.82) is 0 Å². The highest BCUT2D eigenvalue weighted by Crippen LogP contribution is 2.20.